The van der Waals surface area contributed by atoms with Gasteiger partial charge in [-0.05, 0) is 23.1 Å². The maximum absolute atomic E-state index is 10.2. The third kappa shape index (κ3) is 2.53. The van der Waals surface area contributed by atoms with Crippen LogP contribution in [0.2, 0.25) is 0 Å². The molecule has 1 aliphatic rings. The van der Waals surface area contributed by atoms with Crippen LogP contribution in [-0.2, 0) is 24.2 Å². The molecule has 1 heterocycles. The molecule has 0 atom stereocenters. The molecule has 0 saturated heterocycles. The van der Waals surface area contributed by atoms with Crippen LogP contribution in [0.15, 0.2) is 18.2 Å². The lowest BCUT2D eigenvalue weighted by Gasteiger charge is -2.16. The van der Waals surface area contributed by atoms with Crippen LogP contribution in [0.4, 0.5) is 0 Å². The Bertz CT molecular complexity index is 376. The summed E-state index contributed by atoms with van der Waals surface area (Å²) in [5.41, 5.74) is 3.54. The van der Waals surface area contributed by atoms with Crippen LogP contribution in [0, 0.1) is 10.1 Å². The Labute approximate surface area is 88.0 Å². The fraction of sp³-hybridized carbons (Fsp3) is 0.455. The maximum Gasteiger partial charge on any atom is 0.207 e. The predicted octanol–water partition coefficient (Wildman–Crippen LogP) is 1.58. The van der Waals surface area contributed by atoms with E-state index in [1.165, 1.54) is 11.1 Å². The number of fused-ring (bicyclic) bond motifs is 1. The summed E-state index contributed by atoms with van der Waals surface area (Å²) in [5, 5.41) is 10.2. The molecule has 0 saturated carbocycles. The van der Waals surface area contributed by atoms with E-state index in [1.54, 1.807) is 0 Å². The summed E-state index contributed by atoms with van der Waals surface area (Å²) < 4.78 is 5.33. The highest BCUT2D eigenvalue weighted by Crippen LogP contribution is 2.18. The van der Waals surface area contributed by atoms with Crippen molar-refractivity contribution in [2.45, 2.75) is 19.4 Å². The first-order valence-corrected chi connectivity index (χ1v) is 5.06. The van der Waals surface area contributed by atoms with E-state index in [0.29, 0.717) is 13.0 Å². The van der Waals surface area contributed by atoms with Crippen molar-refractivity contribution in [1.29, 1.82) is 0 Å². The van der Waals surface area contributed by atoms with Crippen molar-refractivity contribution >= 4 is 0 Å². The standard InChI is InChI=1S/C11H13NO3/c13-12(14)5-3-9-1-2-11-8-15-6-4-10(11)7-9/h1-2,7H,3-6,8H2. The fourth-order valence-electron chi connectivity index (χ4n) is 1.79. The van der Waals surface area contributed by atoms with Crippen molar-refractivity contribution in [3.8, 4) is 0 Å². The van der Waals surface area contributed by atoms with Gasteiger partial charge in [-0.3, -0.25) is 10.1 Å². The molecule has 0 bridgehead atoms. The number of ether oxygens (including phenoxy) is 1. The van der Waals surface area contributed by atoms with Crippen LogP contribution in [-0.4, -0.2) is 18.1 Å². The van der Waals surface area contributed by atoms with Gasteiger partial charge in [-0.1, -0.05) is 18.2 Å². The third-order valence-electron chi connectivity index (χ3n) is 2.63. The van der Waals surface area contributed by atoms with Crippen molar-refractivity contribution in [2.75, 3.05) is 13.2 Å². The molecule has 0 unspecified atom stereocenters. The lowest BCUT2D eigenvalue weighted by atomic mass is 9.99. The second kappa shape index (κ2) is 4.40. The summed E-state index contributed by atoms with van der Waals surface area (Å²) in [4.78, 5) is 9.97. The SMILES string of the molecule is O=[N+]([O-])CCc1ccc2c(c1)CCOC2. The number of nitro groups is 1. The van der Waals surface area contributed by atoms with Gasteiger partial charge in [0.2, 0.25) is 6.54 Å². The summed E-state index contributed by atoms with van der Waals surface area (Å²) in [6.07, 6.45) is 1.43. The molecule has 1 aliphatic heterocycles. The van der Waals surface area contributed by atoms with Crippen LogP contribution in [0.1, 0.15) is 16.7 Å². The minimum absolute atomic E-state index is 0.00921. The average molecular weight is 207 g/mol. The first-order valence-electron chi connectivity index (χ1n) is 5.06. The van der Waals surface area contributed by atoms with Crippen molar-refractivity contribution in [3.63, 3.8) is 0 Å². The molecule has 0 aromatic heterocycles. The number of rotatable bonds is 3. The van der Waals surface area contributed by atoms with Gasteiger partial charge in [0.1, 0.15) is 0 Å². The van der Waals surface area contributed by atoms with Crippen LogP contribution >= 0.6 is 0 Å². The molecular weight excluding hydrogens is 194 g/mol. The average Bonchev–Trinajstić information content (AvgIpc) is 2.26. The first kappa shape index (κ1) is 10.1. The highest BCUT2D eigenvalue weighted by Gasteiger charge is 2.10. The zero-order chi connectivity index (χ0) is 10.7. The Morgan fingerprint density at radius 1 is 1.40 bits per heavy atom. The summed E-state index contributed by atoms with van der Waals surface area (Å²) >= 11 is 0. The van der Waals surface area contributed by atoms with E-state index in [4.69, 9.17) is 4.74 Å². The molecule has 80 valence electrons. The summed E-state index contributed by atoms with van der Waals surface area (Å²) in [6, 6.07) is 6.04. The molecule has 4 heteroatoms. The molecular formula is C11H13NO3. The van der Waals surface area contributed by atoms with Gasteiger partial charge >= 0.3 is 0 Å². The maximum atomic E-state index is 10.2. The van der Waals surface area contributed by atoms with E-state index in [2.05, 4.69) is 6.07 Å². The quantitative estimate of drug-likeness (QED) is 0.558. The summed E-state index contributed by atoms with van der Waals surface area (Å²) in [6.45, 7) is 1.44. The van der Waals surface area contributed by atoms with Gasteiger partial charge in [-0.2, -0.15) is 0 Å². The van der Waals surface area contributed by atoms with Crippen molar-refractivity contribution in [1.82, 2.24) is 0 Å². The largest absolute Gasteiger partial charge is 0.376 e. The Hall–Kier alpha value is -1.42. The van der Waals surface area contributed by atoms with Gasteiger partial charge < -0.3 is 4.74 Å². The Morgan fingerprint density at radius 2 is 2.27 bits per heavy atom. The molecule has 0 amide bonds. The van der Waals surface area contributed by atoms with Crippen LogP contribution < -0.4 is 0 Å². The second-order valence-corrected chi connectivity index (χ2v) is 3.71. The molecule has 2 rings (SSSR count). The number of hydrogen-bond acceptors (Lipinski definition) is 3. The first-order chi connectivity index (χ1) is 7.25. The molecule has 0 spiro atoms. The van der Waals surface area contributed by atoms with Crippen LogP contribution in [0.3, 0.4) is 0 Å². The monoisotopic (exact) mass is 207 g/mol. The topological polar surface area (TPSA) is 52.4 Å². The van der Waals surface area contributed by atoms with Gasteiger partial charge in [0.15, 0.2) is 0 Å². The van der Waals surface area contributed by atoms with Gasteiger partial charge in [0.05, 0.1) is 13.2 Å². The van der Waals surface area contributed by atoms with E-state index >= 15 is 0 Å². The second-order valence-electron chi connectivity index (χ2n) is 3.71. The minimum atomic E-state index is -0.275. The van der Waals surface area contributed by atoms with E-state index in [0.717, 1.165) is 18.6 Å². The van der Waals surface area contributed by atoms with Gasteiger partial charge in [-0.15, -0.1) is 0 Å². The fourth-order valence-corrected chi connectivity index (χ4v) is 1.79. The predicted molar refractivity (Wildman–Crippen MR) is 55.4 cm³/mol. The van der Waals surface area contributed by atoms with E-state index in [9.17, 15) is 10.1 Å². The highest BCUT2D eigenvalue weighted by atomic mass is 16.6. The Kier molecular flexibility index (Phi) is 2.97. The molecule has 4 nitrogen and oxygen atoms in total. The van der Waals surface area contributed by atoms with E-state index in [-0.39, 0.29) is 11.5 Å². The number of benzene rings is 1. The molecule has 0 aliphatic carbocycles. The smallest absolute Gasteiger partial charge is 0.207 e. The van der Waals surface area contributed by atoms with E-state index in [1.807, 2.05) is 12.1 Å². The summed E-state index contributed by atoms with van der Waals surface area (Å²) in [7, 11) is 0. The molecule has 15 heavy (non-hydrogen) atoms. The van der Waals surface area contributed by atoms with Gasteiger partial charge in [-0.25, -0.2) is 0 Å². The normalized spacial score (nSPS) is 14.7. The third-order valence-corrected chi connectivity index (χ3v) is 2.63. The zero-order valence-corrected chi connectivity index (χ0v) is 8.44. The summed E-state index contributed by atoms with van der Waals surface area (Å²) in [5.74, 6) is 0. The highest BCUT2D eigenvalue weighted by molar-refractivity contribution is 5.33. The van der Waals surface area contributed by atoms with Gasteiger partial charge in [0, 0.05) is 11.3 Å². The Morgan fingerprint density at radius 3 is 3.07 bits per heavy atom. The van der Waals surface area contributed by atoms with Crippen molar-refractivity contribution < 1.29 is 9.66 Å². The van der Waals surface area contributed by atoms with Crippen LogP contribution in [0.5, 0.6) is 0 Å². The minimum Gasteiger partial charge on any atom is -0.376 e. The van der Waals surface area contributed by atoms with Crippen molar-refractivity contribution in [3.05, 3.63) is 45.0 Å². The number of hydrogen-bond donors (Lipinski definition) is 0. The molecule has 1 aromatic rings. The van der Waals surface area contributed by atoms with Crippen molar-refractivity contribution in [2.24, 2.45) is 0 Å². The molecule has 0 fully saturated rings. The van der Waals surface area contributed by atoms with Gasteiger partial charge in [0.25, 0.3) is 0 Å². The lowest BCUT2D eigenvalue weighted by Crippen LogP contribution is -2.11. The Balaban J connectivity index is 2.10. The molecule has 0 N–H and O–H groups in total. The van der Waals surface area contributed by atoms with Crippen LogP contribution in [0.25, 0.3) is 0 Å². The van der Waals surface area contributed by atoms with E-state index < -0.39 is 0 Å². The molecule has 0 radical (unpaired) electrons. The molecule has 1 aromatic carbocycles. The zero-order valence-electron chi connectivity index (χ0n) is 8.44. The number of nitrogens with zero attached hydrogens (tertiary/aromatic N) is 1. The lowest BCUT2D eigenvalue weighted by molar-refractivity contribution is -0.479.